The zero-order valence-corrected chi connectivity index (χ0v) is 22.0. The molecule has 0 aromatic heterocycles. The number of benzene rings is 3. The van der Waals surface area contributed by atoms with Gasteiger partial charge in [0.2, 0.25) is 5.91 Å². The van der Waals surface area contributed by atoms with E-state index < -0.39 is 36.4 Å². The summed E-state index contributed by atoms with van der Waals surface area (Å²) in [6.07, 6.45) is -3.12. The van der Waals surface area contributed by atoms with Gasteiger partial charge >= 0.3 is 5.97 Å². The minimum absolute atomic E-state index is 0.155. The second-order valence-electron chi connectivity index (χ2n) is 9.56. The fourth-order valence-corrected chi connectivity index (χ4v) is 4.71. The lowest BCUT2D eigenvalue weighted by atomic mass is 9.90. The molecular formula is C31H35NO7. The van der Waals surface area contributed by atoms with E-state index in [-0.39, 0.29) is 32.1 Å². The highest BCUT2D eigenvalue weighted by atomic mass is 16.6. The lowest BCUT2D eigenvalue weighted by Gasteiger charge is -2.46. The topological polar surface area (TPSA) is 103 Å². The fourth-order valence-electron chi connectivity index (χ4n) is 4.71. The van der Waals surface area contributed by atoms with E-state index in [1.165, 1.54) is 6.92 Å². The molecule has 5 atom stereocenters. The highest BCUT2D eigenvalue weighted by Crippen LogP contribution is 2.30. The first kappa shape index (κ1) is 28.4. The van der Waals surface area contributed by atoms with Crippen LogP contribution >= 0.6 is 0 Å². The molecule has 0 radical (unpaired) electrons. The molecule has 4 rings (SSSR count). The first-order valence-corrected chi connectivity index (χ1v) is 13.1. The van der Waals surface area contributed by atoms with Gasteiger partial charge in [-0.2, -0.15) is 0 Å². The Labute approximate surface area is 228 Å². The van der Waals surface area contributed by atoms with Gasteiger partial charge in [0.05, 0.1) is 45.0 Å². The molecule has 206 valence electrons. The van der Waals surface area contributed by atoms with Gasteiger partial charge in [-0.05, 0) is 16.7 Å². The van der Waals surface area contributed by atoms with Gasteiger partial charge in [-0.25, -0.2) is 0 Å². The molecule has 1 fully saturated rings. The van der Waals surface area contributed by atoms with E-state index in [4.69, 9.17) is 18.9 Å². The van der Waals surface area contributed by atoms with Gasteiger partial charge in [0.1, 0.15) is 18.3 Å². The second-order valence-corrected chi connectivity index (χ2v) is 9.56. The number of rotatable bonds is 13. The number of aliphatic carboxylic acids is 1. The Balaban J connectivity index is 1.60. The van der Waals surface area contributed by atoms with Gasteiger partial charge < -0.3 is 29.4 Å². The normalized spacial score (nSPS) is 22.7. The summed E-state index contributed by atoms with van der Waals surface area (Å²) in [5, 5.41) is 12.5. The van der Waals surface area contributed by atoms with Crippen LogP contribution in [0.3, 0.4) is 0 Å². The van der Waals surface area contributed by atoms with Crippen molar-refractivity contribution in [1.82, 2.24) is 5.32 Å². The van der Waals surface area contributed by atoms with Crippen LogP contribution in [0.25, 0.3) is 0 Å². The molecule has 0 bridgehead atoms. The summed E-state index contributed by atoms with van der Waals surface area (Å²) >= 11 is 0. The Morgan fingerprint density at radius 3 is 1.72 bits per heavy atom. The fraction of sp³-hybridized carbons (Fsp3) is 0.355. The maximum Gasteiger partial charge on any atom is 0.306 e. The molecule has 8 nitrogen and oxygen atoms in total. The maximum absolute atomic E-state index is 12.2. The number of amides is 1. The van der Waals surface area contributed by atoms with E-state index in [0.29, 0.717) is 6.61 Å². The third-order valence-corrected chi connectivity index (χ3v) is 6.50. The lowest BCUT2D eigenvalue weighted by molar-refractivity contribution is -0.234. The summed E-state index contributed by atoms with van der Waals surface area (Å²) in [4.78, 5) is 24.0. The van der Waals surface area contributed by atoms with Gasteiger partial charge in [0.15, 0.2) is 0 Å². The van der Waals surface area contributed by atoms with Crippen LogP contribution in [0.5, 0.6) is 0 Å². The number of hydrogen-bond donors (Lipinski definition) is 2. The van der Waals surface area contributed by atoms with Gasteiger partial charge in [-0.3, -0.25) is 9.59 Å². The van der Waals surface area contributed by atoms with Crippen molar-refractivity contribution in [1.29, 1.82) is 0 Å². The van der Waals surface area contributed by atoms with Crippen LogP contribution in [0, 0.1) is 0 Å². The lowest BCUT2D eigenvalue weighted by Crippen LogP contribution is -2.65. The van der Waals surface area contributed by atoms with E-state index in [2.05, 4.69) is 5.32 Å². The van der Waals surface area contributed by atoms with Crippen molar-refractivity contribution in [3.8, 4) is 0 Å². The number of carbonyl (C=O) groups is 2. The number of carboxylic acids is 1. The zero-order valence-electron chi connectivity index (χ0n) is 22.0. The highest BCUT2D eigenvalue weighted by Gasteiger charge is 2.48. The minimum atomic E-state index is -1.04. The van der Waals surface area contributed by atoms with E-state index in [1.54, 1.807) is 0 Å². The van der Waals surface area contributed by atoms with Crippen molar-refractivity contribution >= 4 is 11.9 Å². The molecule has 1 amide bonds. The molecule has 1 heterocycles. The van der Waals surface area contributed by atoms with Crippen LogP contribution in [0.4, 0.5) is 0 Å². The quantitative estimate of drug-likeness (QED) is 0.341. The van der Waals surface area contributed by atoms with Crippen LogP contribution in [0.2, 0.25) is 0 Å². The first-order valence-electron chi connectivity index (χ1n) is 13.1. The molecule has 3 aromatic rings. The molecule has 1 saturated heterocycles. The largest absolute Gasteiger partial charge is 0.481 e. The van der Waals surface area contributed by atoms with Crippen molar-refractivity contribution in [2.75, 3.05) is 6.61 Å². The average Bonchev–Trinajstić information content (AvgIpc) is 2.94. The summed E-state index contributed by atoms with van der Waals surface area (Å²) in [6, 6.07) is 28.4. The molecule has 3 unspecified atom stereocenters. The van der Waals surface area contributed by atoms with Crippen LogP contribution in [0.15, 0.2) is 91.0 Å². The van der Waals surface area contributed by atoms with Crippen LogP contribution in [-0.4, -0.2) is 54.0 Å². The van der Waals surface area contributed by atoms with E-state index in [0.717, 1.165) is 16.7 Å². The molecule has 0 spiro atoms. The molecule has 8 heteroatoms. The van der Waals surface area contributed by atoms with E-state index in [9.17, 15) is 14.7 Å². The SMILES string of the molecule is CC(=O)NC1C(OCc2ccccc2)[C@H](OCc2ccccc2)C(COCc2ccccc2)O[C@@H]1CC(=O)O. The summed E-state index contributed by atoms with van der Waals surface area (Å²) in [7, 11) is 0. The van der Waals surface area contributed by atoms with Crippen molar-refractivity contribution in [3.05, 3.63) is 108 Å². The molecule has 0 aliphatic carbocycles. The Morgan fingerprint density at radius 2 is 1.23 bits per heavy atom. The van der Waals surface area contributed by atoms with Crippen LogP contribution in [-0.2, 0) is 48.4 Å². The van der Waals surface area contributed by atoms with E-state index >= 15 is 0 Å². The minimum Gasteiger partial charge on any atom is -0.481 e. The Morgan fingerprint density at radius 1 is 0.744 bits per heavy atom. The number of carboxylic acid groups (broad SMARTS) is 1. The Hall–Kier alpha value is -3.56. The number of nitrogens with one attached hydrogen (secondary N) is 1. The van der Waals surface area contributed by atoms with Gasteiger partial charge in [0.25, 0.3) is 0 Å². The maximum atomic E-state index is 12.2. The standard InChI is InChI=1S/C31H35NO7/c1-22(33)32-29-26(17-28(34)35)39-27(21-36-18-23-11-5-2-6-12-23)30(37-19-24-13-7-3-8-14-24)31(29)38-20-25-15-9-4-10-16-25/h2-16,26-27,29-31H,17-21H2,1H3,(H,32,33)(H,34,35)/t26-,27?,29?,30-,31?/m1/s1. The highest BCUT2D eigenvalue weighted by molar-refractivity contribution is 5.74. The third kappa shape index (κ3) is 8.73. The average molecular weight is 534 g/mol. The monoisotopic (exact) mass is 533 g/mol. The molecule has 39 heavy (non-hydrogen) atoms. The number of ether oxygens (including phenoxy) is 4. The van der Waals surface area contributed by atoms with Gasteiger partial charge in [0, 0.05) is 6.92 Å². The summed E-state index contributed by atoms with van der Waals surface area (Å²) in [6.45, 7) is 2.44. The van der Waals surface area contributed by atoms with Gasteiger partial charge in [-0.15, -0.1) is 0 Å². The Bertz CT molecular complexity index is 1160. The summed E-state index contributed by atoms with van der Waals surface area (Å²) < 4.78 is 25.2. The van der Waals surface area contributed by atoms with Crippen LogP contribution < -0.4 is 5.32 Å². The zero-order chi connectivity index (χ0) is 27.5. The third-order valence-electron chi connectivity index (χ3n) is 6.50. The molecule has 0 saturated carbocycles. The molecule has 1 aliphatic heterocycles. The van der Waals surface area contributed by atoms with Gasteiger partial charge in [-0.1, -0.05) is 91.0 Å². The number of carbonyl (C=O) groups excluding carboxylic acids is 1. The number of hydrogen-bond acceptors (Lipinski definition) is 6. The molecule has 1 aliphatic rings. The van der Waals surface area contributed by atoms with Crippen molar-refractivity contribution in [2.45, 2.75) is 63.6 Å². The van der Waals surface area contributed by atoms with Crippen LogP contribution in [0.1, 0.15) is 30.0 Å². The molecule has 2 N–H and O–H groups in total. The summed E-state index contributed by atoms with van der Waals surface area (Å²) in [5.74, 6) is -1.35. The van der Waals surface area contributed by atoms with Crippen molar-refractivity contribution in [2.24, 2.45) is 0 Å². The smallest absolute Gasteiger partial charge is 0.306 e. The van der Waals surface area contributed by atoms with E-state index in [1.807, 2.05) is 91.0 Å². The molecular weight excluding hydrogens is 498 g/mol. The summed E-state index contributed by atoms with van der Waals surface area (Å²) in [5.41, 5.74) is 2.91. The second kappa shape index (κ2) is 14.6. The van der Waals surface area contributed by atoms with Crippen molar-refractivity contribution in [3.63, 3.8) is 0 Å². The Kier molecular flexibility index (Phi) is 10.6. The predicted molar refractivity (Wildman–Crippen MR) is 145 cm³/mol. The van der Waals surface area contributed by atoms with Crippen molar-refractivity contribution < 1.29 is 33.6 Å². The first-order chi connectivity index (χ1) is 19.0. The molecule has 3 aromatic carbocycles. The predicted octanol–water partition coefficient (Wildman–Crippen LogP) is 4.12.